The van der Waals surface area contributed by atoms with E-state index in [0.29, 0.717) is 18.9 Å². The van der Waals surface area contributed by atoms with Crippen molar-refractivity contribution in [3.63, 3.8) is 0 Å². The highest BCUT2D eigenvalue weighted by Crippen LogP contribution is 2.15. The molecule has 0 bridgehead atoms. The number of rotatable bonds is 8. The van der Waals surface area contributed by atoms with Crippen LogP contribution in [0.3, 0.4) is 0 Å². The third-order valence-electron chi connectivity index (χ3n) is 4.33. The van der Waals surface area contributed by atoms with Gasteiger partial charge in [-0.1, -0.05) is 31.2 Å². The lowest BCUT2D eigenvalue weighted by molar-refractivity contribution is 0.319. The Morgan fingerprint density at radius 3 is 2.21 bits per heavy atom. The minimum absolute atomic E-state index is 0.284. The van der Waals surface area contributed by atoms with Crippen LogP contribution in [-0.2, 0) is 22.8 Å². The monoisotopic (exact) mass is 403 g/mol. The first kappa shape index (κ1) is 21.8. The van der Waals surface area contributed by atoms with E-state index in [1.54, 1.807) is 31.3 Å². The summed E-state index contributed by atoms with van der Waals surface area (Å²) < 4.78 is 28.6. The van der Waals surface area contributed by atoms with Crippen molar-refractivity contribution in [1.82, 2.24) is 10.2 Å². The van der Waals surface area contributed by atoms with Gasteiger partial charge in [0.2, 0.25) is 0 Å². The van der Waals surface area contributed by atoms with Crippen molar-refractivity contribution in [1.29, 1.82) is 0 Å². The number of aliphatic imine (C=N–C) groups is 1. The van der Waals surface area contributed by atoms with Crippen LogP contribution < -0.4 is 10.1 Å². The van der Waals surface area contributed by atoms with E-state index >= 15 is 0 Å². The van der Waals surface area contributed by atoms with E-state index in [-0.39, 0.29) is 4.90 Å². The van der Waals surface area contributed by atoms with Crippen LogP contribution in [0.1, 0.15) is 18.1 Å². The number of hydrogen-bond acceptors (Lipinski definition) is 4. The Hall–Kier alpha value is -2.54. The Morgan fingerprint density at radius 1 is 1.07 bits per heavy atom. The van der Waals surface area contributed by atoms with Crippen LogP contribution in [-0.4, -0.2) is 52.8 Å². The molecule has 0 aliphatic carbocycles. The number of aryl methyl sites for hydroxylation is 1. The average Bonchev–Trinajstić information content (AvgIpc) is 2.68. The van der Waals surface area contributed by atoms with Crippen molar-refractivity contribution in [2.75, 3.05) is 33.5 Å². The molecule has 2 rings (SSSR count). The molecular weight excluding hydrogens is 374 g/mol. The van der Waals surface area contributed by atoms with Crippen LogP contribution in [0, 0.1) is 0 Å². The van der Waals surface area contributed by atoms with Crippen LogP contribution in [0.4, 0.5) is 0 Å². The van der Waals surface area contributed by atoms with Crippen molar-refractivity contribution < 1.29 is 13.2 Å². The van der Waals surface area contributed by atoms with Gasteiger partial charge in [0.05, 0.1) is 11.4 Å². The minimum Gasteiger partial charge on any atom is -0.492 e. The highest BCUT2D eigenvalue weighted by Gasteiger charge is 2.08. The van der Waals surface area contributed by atoms with Gasteiger partial charge < -0.3 is 15.0 Å². The number of ether oxygens (including phenoxy) is 1. The molecular formula is C21H29N3O3S. The molecule has 0 spiro atoms. The van der Waals surface area contributed by atoms with Crippen molar-refractivity contribution in [2.45, 2.75) is 24.8 Å². The molecule has 0 heterocycles. The maximum atomic E-state index is 11.5. The molecule has 7 heteroatoms. The summed E-state index contributed by atoms with van der Waals surface area (Å²) in [6.45, 7) is 3.93. The molecule has 152 valence electrons. The van der Waals surface area contributed by atoms with E-state index in [1.165, 1.54) is 17.4 Å². The second-order valence-electron chi connectivity index (χ2n) is 6.59. The maximum absolute atomic E-state index is 11.5. The fraction of sp³-hybridized carbons (Fsp3) is 0.381. The van der Waals surface area contributed by atoms with Gasteiger partial charge in [-0.3, -0.25) is 4.99 Å². The molecule has 0 unspecified atom stereocenters. The molecule has 0 fully saturated rings. The standard InChI is InChI=1S/C21H29N3O3S/c1-5-17-6-8-18(9-7-17)16-24(3)21(22-2)23-14-15-27-19-10-12-20(13-11-19)28(4,25)26/h6-13H,5,14-16H2,1-4H3,(H,22,23). The average molecular weight is 404 g/mol. The predicted molar refractivity (Wildman–Crippen MR) is 114 cm³/mol. The van der Waals surface area contributed by atoms with Gasteiger partial charge in [-0.2, -0.15) is 0 Å². The van der Waals surface area contributed by atoms with Crippen LogP contribution in [0.15, 0.2) is 58.4 Å². The molecule has 0 atom stereocenters. The molecule has 0 saturated carbocycles. The number of nitrogens with one attached hydrogen (secondary N) is 1. The summed E-state index contributed by atoms with van der Waals surface area (Å²) in [5, 5.41) is 3.27. The zero-order valence-corrected chi connectivity index (χ0v) is 17.8. The van der Waals surface area contributed by atoms with Gasteiger partial charge in [0.25, 0.3) is 0 Å². The van der Waals surface area contributed by atoms with E-state index < -0.39 is 9.84 Å². The van der Waals surface area contributed by atoms with E-state index in [4.69, 9.17) is 4.74 Å². The van der Waals surface area contributed by atoms with E-state index in [9.17, 15) is 8.42 Å². The van der Waals surface area contributed by atoms with Crippen molar-refractivity contribution in [2.24, 2.45) is 4.99 Å². The Balaban J connectivity index is 1.79. The first-order chi connectivity index (χ1) is 13.3. The summed E-state index contributed by atoms with van der Waals surface area (Å²) in [6.07, 6.45) is 2.23. The molecule has 0 aliphatic heterocycles. The lowest BCUT2D eigenvalue weighted by Gasteiger charge is -2.22. The van der Waals surface area contributed by atoms with Crippen LogP contribution in [0.2, 0.25) is 0 Å². The smallest absolute Gasteiger partial charge is 0.193 e. The first-order valence-corrected chi connectivity index (χ1v) is 11.1. The van der Waals surface area contributed by atoms with E-state index in [0.717, 1.165) is 18.9 Å². The molecule has 0 aromatic heterocycles. The normalized spacial score (nSPS) is 11.9. The molecule has 0 amide bonds. The number of nitrogens with zero attached hydrogens (tertiary/aromatic N) is 2. The van der Waals surface area contributed by atoms with E-state index in [2.05, 4.69) is 46.4 Å². The number of sulfone groups is 1. The summed E-state index contributed by atoms with van der Waals surface area (Å²) in [5.41, 5.74) is 2.56. The van der Waals surface area contributed by atoms with Crippen LogP contribution in [0.25, 0.3) is 0 Å². The van der Waals surface area contributed by atoms with E-state index in [1.807, 2.05) is 7.05 Å². The Labute approximate surface area is 168 Å². The molecule has 2 aromatic carbocycles. The quantitative estimate of drug-likeness (QED) is 0.417. The van der Waals surface area contributed by atoms with Crippen molar-refractivity contribution in [3.05, 3.63) is 59.7 Å². The molecule has 1 N–H and O–H groups in total. The second-order valence-corrected chi connectivity index (χ2v) is 8.61. The Bertz CT molecular complexity index is 876. The summed E-state index contributed by atoms with van der Waals surface area (Å²) in [4.78, 5) is 6.65. The second kappa shape index (κ2) is 10.1. The van der Waals surface area contributed by atoms with Gasteiger partial charge in [0.1, 0.15) is 12.4 Å². The van der Waals surface area contributed by atoms with Gasteiger partial charge in [-0.15, -0.1) is 0 Å². The fourth-order valence-corrected chi connectivity index (χ4v) is 3.36. The van der Waals surface area contributed by atoms with Crippen molar-refractivity contribution >= 4 is 15.8 Å². The summed E-state index contributed by atoms with van der Waals surface area (Å²) in [5.74, 6) is 1.42. The number of guanidine groups is 1. The number of hydrogen-bond donors (Lipinski definition) is 1. The maximum Gasteiger partial charge on any atom is 0.193 e. The predicted octanol–water partition coefficient (Wildman–Crippen LogP) is 2.74. The van der Waals surface area contributed by atoms with Crippen molar-refractivity contribution in [3.8, 4) is 5.75 Å². The zero-order valence-electron chi connectivity index (χ0n) is 17.0. The molecule has 2 aromatic rings. The van der Waals surface area contributed by atoms with Gasteiger partial charge in [-0.05, 0) is 41.8 Å². The van der Waals surface area contributed by atoms with Gasteiger partial charge in [0.15, 0.2) is 15.8 Å². The highest BCUT2D eigenvalue weighted by atomic mass is 32.2. The van der Waals surface area contributed by atoms with Gasteiger partial charge in [-0.25, -0.2) is 8.42 Å². The topological polar surface area (TPSA) is 71.0 Å². The first-order valence-electron chi connectivity index (χ1n) is 9.26. The fourth-order valence-electron chi connectivity index (χ4n) is 2.73. The third kappa shape index (κ3) is 6.56. The minimum atomic E-state index is -3.19. The molecule has 6 nitrogen and oxygen atoms in total. The lowest BCUT2D eigenvalue weighted by Crippen LogP contribution is -2.40. The van der Waals surface area contributed by atoms with Gasteiger partial charge >= 0.3 is 0 Å². The largest absolute Gasteiger partial charge is 0.492 e. The summed E-state index contributed by atoms with van der Waals surface area (Å²) in [6, 6.07) is 15.0. The SMILES string of the molecule is CCc1ccc(CN(C)C(=NC)NCCOc2ccc(S(C)(=O)=O)cc2)cc1. The van der Waals surface area contributed by atoms with Crippen LogP contribution >= 0.6 is 0 Å². The lowest BCUT2D eigenvalue weighted by atomic mass is 10.1. The number of benzene rings is 2. The molecule has 0 saturated heterocycles. The summed E-state index contributed by atoms with van der Waals surface area (Å²) in [7, 11) is 0.560. The zero-order chi connectivity index (χ0) is 20.6. The highest BCUT2D eigenvalue weighted by molar-refractivity contribution is 7.90. The Morgan fingerprint density at radius 2 is 1.68 bits per heavy atom. The van der Waals surface area contributed by atoms with Crippen LogP contribution in [0.5, 0.6) is 5.75 Å². The Kier molecular flexibility index (Phi) is 7.87. The van der Waals surface area contributed by atoms with Gasteiger partial charge in [0, 0.05) is 26.9 Å². The summed E-state index contributed by atoms with van der Waals surface area (Å²) >= 11 is 0. The third-order valence-corrected chi connectivity index (χ3v) is 5.46. The molecule has 0 aliphatic rings. The molecule has 28 heavy (non-hydrogen) atoms. The molecule has 0 radical (unpaired) electrons.